The zero-order chi connectivity index (χ0) is 14.2. The summed E-state index contributed by atoms with van der Waals surface area (Å²) in [5, 5.41) is 0. The number of ether oxygens (including phenoxy) is 2. The molecule has 2 heteroatoms. The van der Waals surface area contributed by atoms with Crippen molar-refractivity contribution >= 4 is 0 Å². The van der Waals surface area contributed by atoms with Crippen LogP contribution in [-0.4, -0.2) is 20.3 Å². The van der Waals surface area contributed by atoms with Crippen LogP contribution in [0, 0.1) is 5.92 Å². The van der Waals surface area contributed by atoms with Gasteiger partial charge in [0.1, 0.15) is 5.75 Å². The van der Waals surface area contributed by atoms with Gasteiger partial charge in [-0.3, -0.25) is 0 Å². The van der Waals surface area contributed by atoms with Gasteiger partial charge in [-0.05, 0) is 18.1 Å². The minimum atomic E-state index is 0.894. The summed E-state index contributed by atoms with van der Waals surface area (Å²) in [4.78, 5) is 0. The van der Waals surface area contributed by atoms with Crippen molar-refractivity contribution < 1.29 is 9.47 Å². The van der Waals surface area contributed by atoms with Gasteiger partial charge in [0, 0.05) is 11.5 Å². The van der Waals surface area contributed by atoms with Crippen molar-refractivity contribution in [2.24, 2.45) is 5.92 Å². The van der Waals surface area contributed by atoms with E-state index < -0.39 is 0 Å². The van der Waals surface area contributed by atoms with E-state index in [1.807, 2.05) is 36.4 Å². The van der Waals surface area contributed by atoms with E-state index in [1.54, 1.807) is 7.11 Å². The molecule has 1 saturated heterocycles. The van der Waals surface area contributed by atoms with Crippen LogP contribution in [0.1, 0.15) is 13.3 Å². The van der Waals surface area contributed by atoms with Gasteiger partial charge in [0.2, 0.25) is 0 Å². The van der Waals surface area contributed by atoms with Gasteiger partial charge < -0.3 is 9.47 Å². The van der Waals surface area contributed by atoms with Crippen molar-refractivity contribution in [1.82, 2.24) is 0 Å². The average molecular weight is 270 g/mol. The van der Waals surface area contributed by atoms with Crippen molar-refractivity contribution in [3.05, 3.63) is 54.6 Å². The molecule has 0 spiro atoms. The highest BCUT2D eigenvalue weighted by Gasteiger charge is 2.14. The SMILES string of the molecule is CCC1COC1.COc1ccccc1-c1ccccc1. The summed E-state index contributed by atoms with van der Waals surface area (Å²) < 4.78 is 10.2. The number of rotatable bonds is 3. The van der Waals surface area contributed by atoms with Gasteiger partial charge in [-0.2, -0.15) is 0 Å². The maximum Gasteiger partial charge on any atom is 0.126 e. The standard InChI is InChI=1S/C13H12O.C5H10O/c1-14-13-10-6-5-9-12(13)11-7-3-2-4-8-11;1-2-5-3-6-4-5/h2-10H,1H3;5H,2-4H2,1H3. The van der Waals surface area contributed by atoms with Gasteiger partial charge in [0.25, 0.3) is 0 Å². The number of methoxy groups -OCH3 is 1. The second-order valence-electron chi connectivity index (χ2n) is 4.88. The van der Waals surface area contributed by atoms with Crippen molar-refractivity contribution in [3.63, 3.8) is 0 Å². The summed E-state index contributed by atoms with van der Waals surface area (Å²) in [5.74, 6) is 1.81. The summed E-state index contributed by atoms with van der Waals surface area (Å²) >= 11 is 0. The first kappa shape index (κ1) is 14.6. The lowest BCUT2D eigenvalue weighted by Gasteiger charge is -2.23. The van der Waals surface area contributed by atoms with Gasteiger partial charge >= 0.3 is 0 Å². The molecule has 0 aromatic heterocycles. The molecule has 1 aliphatic rings. The van der Waals surface area contributed by atoms with Crippen LogP contribution in [0.3, 0.4) is 0 Å². The number of para-hydroxylation sites is 1. The highest BCUT2D eigenvalue weighted by molar-refractivity contribution is 5.70. The van der Waals surface area contributed by atoms with Crippen LogP contribution in [0.2, 0.25) is 0 Å². The van der Waals surface area contributed by atoms with E-state index in [0.29, 0.717) is 0 Å². The lowest BCUT2D eigenvalue weighted by atomic mass is 10.1. The fraction of sp³-hybridized carbons (Fsp3) is 0.333. The molecule has 2 aromatic rings. The molecule has 2 nitrogen and oxygen atoms in total. The average Bonchev–Trinajstić information content (AvgIpc) is 2.48. The van der Waals surface area contributed by atoms with E-state index >= 15 is 0 Å². The Morgan fingerprint density at radius 3 is 2.15 bits per heavy atom. The highest BCUT2D eigenvalue weighted by Crippen LogP contribution is 2.28. The first-order chi connectivity index (χ1) is 9.85. The summed E-state index contributed by atoms with van der Waals surface area (Å²) in [6.07, 6.45) is 1.29. The number of benzene rings is 2. The molecule has 106 valence electrons. The van der Waals surface area contributed by atoms with Gasteiger partial charge in [0.05, 0.1) is 20.3 Å². The van der Waals surface area contributed by atoms with E-state index in [4.69, 9.17) is 9.47 Å². The largest absolute Gasteiger partial charge is 0.496 e. The van der Waals surface area contributed by atoms with E-state index in [9.17, 15) is 0 Å². The molecule has 0 aliphatic carbocycles. The monoisotopic (exact) mass is 270 g/mol. The highest BCUT2D eigenvalue weighted by atomic mass is 16.5. The number of hydrogen-bond donors (Lipinski definition) is 0. The summed E-state index contributed by atoms with van der Waals surface area (Å²) in [6.45, 7) is 4.22. The van der Waals surface area contributed by atoms with Gasteiger partial charge in [-0.25, -0.2) is 0 Å². The molecule has 20 heavy (non-hydrogen) atoms. The molecule has 0 radical (unpaired) electrons. The van der Waals surface area contributed by atoms with E-state index in [2.05, 4.69) is 25.1 Å². The van der Waals surface area contributed by atoms with Crippen LogP contribution in [0.25, 0.3) is 11.1 Å². The summed E-state index contributed by atoms with van der Waals surface area (Å²) in [7, 11) is 1.70. The van der Waals surface area contributed by atoms with Crippen LogP contribution < -0.4 is 4.74 Å². The molecular weight excluding hydrogens is 248 g/mol. The maximum absolute atomic E-state index is 5.30. The smallest absolute Gasteiger partial charge is 0.126 e. The predicted octanol–water partition coefficient (Wildman–Crippen LogP) is 4.41. The topological polar surface area (TPSA) is 18.5 Å². The Morgan fingerprint density at radius 1 is 1.00 bits per heavy atom. The normalized spacial score (nSPS) is 13.9. The molecule has 0 N–H and O–H groups in total. The molecule has 0 saturated carbocycles. The van der Waals surface area contributed by atoms with Crippen molar-refractivity contribution in [2.45, 2.75) is 13.3 Å². The fourth-order valence-electron chi connectivity index (χ4n) is 2.02. The molecule has 3 rings (SSSR count). The molecule has 1 fully saturated rings. The first-order valence-electron chi connectivity index (χ1n) is 7.11. The third-order valence-electron chi connectivity index (χ3n) is 3.48. The second kappa shape index (κ2) is 7.71. The van der Waals surface area contributed by atoms with Crippen LogP contribution >= 0.6 is 0 Å². The lowest BCUT2D eigenvalue weighted by molar-refractivity contribution is -0.0331. The molecule has 0 unspecified atom stereocenters. The van der Waals surface area contributed by atoms with E-state index in [-0.39, 0.29) is 0 Å². The third kappa shape index (κ3) is 3.84. The minimum absolute atomic E-state index is 0.894. The van der Waals surface area contributed by atoms with Crippen LogP contribution in [0.4, 0.5) is 0 Å². The van der Waals surface area contributed by atoms with Crippen molar-refractivity contribution in [3.8, 4) is 16.9 Å². The minimum Gasteiger partial charge on any atom is -0.496 e. The Kier molecular flexibility index (Phi) is 5.63. The van der Waals surface area contributed by atoms with Gasteiger partial charge in [0.15, 0.2) is 0 Å². The van der Waals surface area contributed by atoms with Crippen molar-refractivity contribution in [1.29, 1.82) is 0 Å². The zero-order valence-electron chi connectivity index (χ0n) is 12.2. The van der Waals surface area contributed by atoms with Gasteiger partial charge in [-0.15, -0.1) is 0 Å². The Hall–Kier alpha value is -1.80. The van der Waals surface area contributed by atoms with Crippen molar-refractivity contribution in [2.75, 3.05) is 20.3 Å². The second-order valence-corrected chi connectivity index (χ2v) is 4.88. The molecule has 1 aliphatic heterocycles. The fourth-order valence-corrected chi connectivity index (χ4v) is 2.02. The predicted molar refractivity (Wildman–Crippen MR) is 83.0 cm³/mol. The maximum atomic E-state index is 5.30. The Morgan fingerprint density at radius 2 is 1.65 bits per heavy atom. The molecule has 0 amide bonds. The lowest BCUT2D eigenvalue weighted by Crippen LogP contribution is -2.26. The first-order valence-corrected chi connectivity index (χ1v) is 7.11. The van der Waals surface area contributed by atoms with Crippen LogP contribution in [0.5, 0.6) is 5.75 Å². The van der Waals surface area contributed by atoms with Crippen LogP contribution in [0.15, 0.2) is 54.6 Å². The summed E-state index contributed by atoms with van der Waals surface area (Å²) in [6, 6.07) is 18.3. The number of hydrogen-bond acceptors (Lipinski definition) is 2. The molecule has 0 atom stereocenters. The molecule has 1 heterocycles. The van der Waals surface area contributed by atoms with E-state index in [0.717, 1.165) is 30.4 Å². The molecule has 2 aromatic carbocycles. The van der Waals surface area contributed by atoms with Gasteiger partial charge in [-0.1, -0.05) is 55.5 Å². The van der Waals surface area contributed by atoms with E-state index in [1.165, 1.54) is 12.0 Å². The molecule has 0 bridgehead atoms. The Balaban J connectivity index is 0.000000205. The van der Waals surface area contributed by atoms with Crippen LogP contribution in [-0.2, 0) is 4.74 Å². The molecular formula is C18H22O2. The Bertz CT molecular complexity index is 501. The zero-order valence-corrected chi connectivity index (χ0v) is 12.2. The quantitative estimate of drug-likeness (QED) is 0.822. The third-order valence-corrected chi connectivity index (χ3v) is 3.48. The summed E-state index contributed by atoms with van der Waals surface area (Å²) in [5.41, 5.74) is 2.32. The Labute approximate surface area is 121 Å².